The van der Waals surface area contributed by atoms with E-state index in [0.717, 1.165) is 56.4 Å². The van der Waals surface area contributed by atoms with Gasteiger partial charge in [0, 0.05) is 50.2 Å². The van der Waals surface area contributed by atoms with E-state index in [-0.39, 0.29) is 33.2 Å². The maximum absolute atomic E-state index is 8.07. The van der Waals surface area contributed by atoms with Crippen molar-refractivity contribution in [3.05, 3.63) is 127 Å². The van der Waals surface area contributed by atoms with Gasteiger partial charge in [-0.2, -0.15) is 12.1 Å². The Bertz CT molecular complexity index is 2640. The van der Waals surface area contributed by atoms with Gasteiger partial charge in [0.1, 0.15) is 23.1 Å². The average molecular weight is 835 g/mol. The van der Waals surface area contributed by atoms with Gasteiger partial charge in [-0.3, -0.25) is 0 Å². The summed E-state index contributed by atoms with van der Waals surface area (Å²) in [5.41, 5.74) is 7.53. The number of nitrogens with zero attached hydrogens (tertiary/aromatic N) is 4. The molecule has 0 radical (unpaired) electrons. The summed E-state index contributed by atoms with van der Waals surface area (Å²) in [7, 11) is 0. The van der Waals surface area contributed by atoms with Crippen LogP contribution in [-0.4, -0.2) is 16.3 Å². The van der Waals surface area contributed by atoms with Gasteiger partial charge in [-0.25, -0.2) is 4.98 Å². The first-order valence-electron chi connectivity index (χ1n) is 17.7. The predicted molar refractivity (Wildman–Crippen MR) is 190 cm³/mol. The molecule has 5 heterocycles. The molecule has 3 aliphatic heterocycles. The normalized spacial score (nSPS) is 14.4. The summed E-state index contributed by atoms with van der Waals surface area (Å²) < 4.78 is 46.8. The monoisotopic (exact) mass is 834 g/mol. The third-order valence-corrected chi connectivity index (χ3v) is 9.48. The molecule has 5 aromatic carbocycles. The minimum absolute atomic E-state index is 0. The maximum atomic E-state index is 8.07. The fourth-order valence-corrected chi connectivity index (χ4v) is 7.24. The number of aryl methyl sites for hydroxylation is 1. The quantitative estimate of drug-likeness (QED) is 0.111. The molecule has 0 spiro atoms. The van der Waals surface area contributed by atoms with E-state index >= 15 is 0 Å². The van der Waals surface area contributed by atoms with E-state index in [1.54, 1.807) is 16.7 Å². The number of fused-ring (bicyclic) bond motifs is 1. The Morgan fingerprint density at radius 1 is 0.800 bits per heavy atom. The Balaban J connectivity index is 0.00000372. The van der Waals surface area contributed by atoms with Crippen molar-refractivity contribution in [1.82, 2.24) is 9.55 Å². The number of ether oxygens (including phenoxy) is 3. The molecule has 0 saturated carbocycles. The summed E-state index contributed by atoms with van der Waals surface area (Å²) in [6.45, 7) is 4.01. The Morgan fingerprint density at radius 3 is 2.38 bits per heavy atom. The zero-order chi connectivity index (χ0) is 35.5. The second-order valence-corrected chi connectivity index (χ2v) is 13.5. The summed E-state index contributed by atoms with van der Waals surface area (Å²) in [4.78, 5) is 7.02. The molecule has 3 aliphatic rings. The smallest absolute Gasteiger partial charge is 0.242 e. The number of rotatable bonds is 4. The second-order valence-electron chi connectivity index (χ2n) is 13.5. The van der Waals surface area contributed by atoms with Gasteiger partial charge in [-0.05, 0) is 58.3 Å². The summed E-state index contributed by atoms with van der Waals surface area (Å²) in [6.07, 6.45) is 4.86. The Kier molecular flexibility index (Phi) is 6.10. The molecule has 50 heavy (non-hydrogen) atoms. The van der Waals surface area contributed by atoms with E-state index < -0.39 is 6.98 Å². The first-order chi connectivity index (χ1) is 25.0. The van der Waals surface area contributed by atoms with Crippen molar-refractivity contribution in [2.75, 3.05) is 4.90 Å². The van der Waals surface area contributed by atoms with Crippen LogP contribution in [0.4, 0.5) is 17.2 Å². The number of hydrogen-bond donors (Lipinski definition) is 0. The van der Waals surface area contributed by atoms with E-state index in [1.165, 1.54) is 4.57 Å². The molecule has 0 N–H and O–H groups in total. The third kappa shape index (κ3) is 4.55. The molecule has 9 heteroatoms. The average Bonchev–Trinajstić information content (AvgIpc) is 3.52. The van der Waals surface area contributed by atoms with Crippen LogP contribution in [-0.2, 0) is 33.5 Å². The summed E-state index contributed by atoms with van der Waals surface area (Å²) in [6, 6.07) is 37.8. The molecule has 7 nitrogen and oxygen atoms in total. The van der Waals surface area contributed by atoms with Gasteiger partial charge < -0.3 is 28.2 Å². The van der Waals surface area contributed by atoms with Crippen LogP contribution in [0, 0.1) is 18.5 Å². The van der Waals surface area contributed by atoms with Gasteiger partial charge in [0.2, 0.25) is 6.33 Å². The molecule has 0 saturated heterocycles. The Hall–Kier alpha value is -5.33. The number of benzene rings is 5. The predicted octanol–water partition coefficient (Wildman–Crippen LogP) is 6.85. The topological polar surface area (TPSA) is 52.6 Å². The van der Waals surface area contributed by atoms with E-state index in [1.807, 2.05) is 72.9 Å². The van der Waals surface area contributed by atoms with Gasteiger partial charge in [0.25, 0.3) is 0 Å². The fourth-order valence-electron chi connectivity index (χ4n) is 7.24. The van der Waals surface area contributed by atoms with Crippen LogP contribution in [0.1, 0.15) is 30.4 Å². The zero-order valence-electron chi connectivity index (χ0n) is 30.2. The van der Waals surface area contributed by atoms with Gasteiger partial charge in [0.15, 0.2) is 6.71 Å². The van der Waals surface area contributed by atoms with E-state index in [2.05, 4.69) is 62.3 Å². The summed E-state index contributed by atoms with van der Waals surface area (Å²) >= 11 is 0. The number of aromatic nitrogens is 3. The van der Waals surface area contributed by atoms with Crippen molar-refractivity contribution in [3.8, 4) is 40.2 Å². The molecular formula is C41H29BN4O3Pt-2. The molecule has 7 aromatic rings. The molecule has 0 aliphatic carbocycles. The Morgan fingerprint density at radius 2 is 1.56 bits per heavy atom. The fraction of sp³-hybridized carbons (Fsp3) is 0.122. The third-order valence-electron chi connectivity index (χ3n) is 9.48. The van der Waals surface area contributed by atoms with Crippen molar-refractivity contribution in [3.63, 3.8) is 0 Å². The van der Waals surface area contributed by atoms with E-state index in [0.29, 0.717) is 34.0 Å². The molecular weight excluding hydrogens is 802 g/mol. The molecule has 0 amide bonds. The molecule has 0 bridgehead atoms. The number of anilines is 3. The molecule has 0 fully saturated rings. The molecule has 246 valence electrons. The van der Waals surface area contributed by atoms with Crippen LogP contribution in [0.15, 0.2) is 103 Å². The van der Waals surface area contributed by atoms with Crippen LogP contribution in [0.5, 0.6) is 34.5 Å². The largest absolute Gasteiger partial charge is 0.510 e. The Labute approximate surface area is 309 Å². The van der Waals surface area contributed by atoms with Crippen LogP contribution in [0.25, 0.3) is 16.7 Å². The standard InChI is InChI=1S/C41H29BN4O3.Pt/c1-41(2,3)25-18-19-43-37(20-25)46-31-14-8-15-33-38(31)42-39-32(46)22-28(23-36(39)49-35-17-9-16-34(48-33)40(35)42)47-27-11-7-10-26(21-27)45-24-44(4)29-12-5-6-13-30(29)45;/h5-20,23H,1-4H3;/q-2;/i4D3;. The zero-order valence-corrected chi connectivity index (χ0v) is 29.5. The molecule has 2 aromatic heterocycles. The van der Waals surface area contributed by atoms with Crippen LogP contribution in [0.3, 0.4) is 0 Å². The second kappa shape index (κ2) is 11.1. The van der Waals surface area contributed by atoms with Crippen molar-refractivity contribution in [1.29, 1.82) is 0 Å². The number of pyridine rings is 1. The minimum Gasteiger partial charge on any atom is -0.510 e. The first-order valence-corrected chi connectivity index (χ1v) is 16.2. The molecule has 0 atom stereocenters. The van der Waals surface area contributed by atoms with E-state index in [9.17, 15) is 0 Å². The number of imidazole rings is 1. The van der Waals surface area contributed by atoms with Crippen molar-refractivity contribution >= 4 is 51.3 Å². The summed E-state index contributed by atoms with van der Waals surface area (Å²) in [5, 5.41) is 0. The van der Waals surface area contributed by atoms with Gasteiger partial charge in [0.05, 0.1) is 22.1 Å². The van der Waals surface area contributed by atoms with Gasteiger partial charge >= 0.3 is 0 Å². The van der Waals surface area contributed by atoms with Gasteiger partial charge in [-0.1, -0.05) is 74.6 Å². The number of para-hydroxylation sites is 2. The van der Waals surface area contributed by atoms with Crippen molar-refractivity contribution in [2.45, 2.75) is 26.2 Å². The van der Waals surface area contributed by atoms with Crippen LogP contribution < -0.4 is 40.1 Å². The summed E-state index contributed by atoms with van der Waals surface area (Å²) in [5.74, 6) is 4.52. The molecule has 0 unspecified atom stereocenters. The van der Waals surface area contributed by atoms with Crippen molar-refractivity contribution in [2.24, 2.45) is 6.98 Å². The number of hydrogen-bond acceptors (Lipinski definition) is 5. The molecule has 10 rings (SSSR count). The SMILES string of the molecule is [2H]C([2H])([2H])[n+]1[c-]n(-c2[c-]c(Oc3[c-]c4c5c(c3)Oc3cccc6c3B5c3c(cccc3N4c3cc(C(C)(C)C)ccn3)O6)ccc2)c2ccccc21.[Pt]. The minimum atomic E-state index is -2.41. The van der Waals surface area contributed by atoms with E-state index in [4.69, 9.17) is 23.3 Å². The maximum Gasteiger partial charge on any atom is 0.242 e. The van der Waals surface area contributed by atoms with Crippen LogP contribution in [0.2, 0.25) is 0 Å². The van der Waals surface area contributed by atoms with Crippen LogP contribution >= 0.6 is 0 Å². The first kappa shape index (κ1) is 27.5. The van der Waals surface area contributed by atoms with Gasteiger partial charge in [-0.15, -0.1) is 23.7 Å². The van der Waals surface area contributed by atoms with Crippen molar-refractivity contribution < 1.29 is 44.0 Å².